The summed E-state index contributed by atoms with van der Waals surface area (Å²) in [6, 6.07) is 0. The van der Waals surface area contributed by atoms with Gasteiger partial charge in [-0.25, -0.2) is 9.78 Å². The van der Waals surface area contributed by atoms with Gasteiger partial charge in [0, 0.05) is 21.1 Å². The van der Waals surface area contributed by atoms with Crippen molar-refractivity contribution in [1.29, 1.82) is 5.41 Å². The summed E-state index contributed by atoms with van der Waals surface area (Å²) in [5.74, 6) is 0. The second-order valence-electron chi connectivity index (χ2n) is 3.28. The number of nitrogens with zero attached hydrogens (tertiary/aromatic N) is 4. The predicted octanol–water partition coefficient (Wildman–Crippen LogP) is -0.910. The zero-order valence-corrected chi connectivity index (χ0v) is 8.27. The number of hydrogen-bond donors (Lipinski definition) is 1. The fourth-order valence-electron chi connectivity index (χ4n) is 1.51. The van der Waals surface area contributed by atoms with Gasteiger partial charge in [0.2, 0.25) is 0 Å². The molecule has 2 aromatic heterocycles. The molecule has 0 aromatic carbocycles. The summed E-state index contributed by atoms with van der Waals surface area (Å²) < 4.78 is 4.47. The Morgan fingerprint density at radius 3 is 2.57 bits per heavy atom. The summed E-state index contributed by atoms with van der Waals surface area (Å²) in [6.07, 6.45) is 1.60. The Morgan fingerprint density at radius 1 is 1.29 bits per heavy atom. The fourth-order valence-corrected chi connectivity index (χ4v) is 1.51. The molecule has 0 saturated carbocycles. The first-order chi connectivity index (χ1) is 6.54. The summed E-state index contributed by atoms with van der Waals surface area (Å²) in [5, 5.41) is 7.77. The van der Waals surface area contributed by atoms with Gasteiger partial charge in [0.15, 0.2) is 11.1 Å². The molecule has 0 aliphatic carbocycles. The molecule has 0 unspecified atom stereocenters. The summed E-state index contributed by atoms with van der Waals surface area (Å²) in [4.78, 5) is 15.6. The quantitative estimate of drug-likeness (QED) is 0.588. The molecule has 74 valence electrons. The Hall–Kier alpha value is -1.85. The van der Waals surface area contributed by atoms with E-state index in [1.165, 1.54) is 9.13 Å². The van der Waals surface area contributed by atoms with E-state index in [4.69, 9.17) is 5.41 Å². The van der Waals surface area contributed by atoms with E-state index in [1.807, 2.05) is 0 Å². The highest BCUT2D eigenvalue weighted by atomic mass is 16.1. The SMILES string of the molecule is Cn1c(=N)c2c(ncn2C)n(C)c1=O. The maximum absolute atomic E-state index is 11.6. The second-order valence-corrected chi connectivity index (χ2v) is 3.28. The van der Waals surface area contributed by atoms with E-state index in [2.05, 4.69) is 4.98 Å². The van der Waals surface area contributed by atoms with Gasteiger partial charge in [0.1, 0.15) is 5.52 Å². The van der Waals surface area contributed by atoms with Gasteiger partial charge in [-0.2, -0.15) is 0 Å². The van der Waals surface area contributed by atoms with E-state index in [9.17, 15) is 4.79 Å². The minimum atomic E-state index is -0.235. The van der Waals surface area contributed by atoms with Crippen LogP contribution in [0, 0.1) is 5.41 Å². The summed E-state index contributed by atoms with van der Waals surface area (Å²) >= 11 is 0. The minimum absolute atomic E-state index is 0.183. The van der Waals surface area contributed by atoms with Crippen LogP contribution in [0.15, 0.2) is 11.1 Å². The van der Waals surface area contributed by atoms with Crippen molar-refractivity contribution in [3.63, 3.8) is 0 Å². The molecule has 1 N–H and O–H groups in total. The van der Waals surface area contributed by atoms with Crippen molar-refractivity contribution in [2.75, 3.05) is 0 Å². The van der Waals surface area contributed by atoms with Crippen LogP contribution < -0.4 is 11.2 Å². The first-order valence-corrected chi connectivity index (χ1v) is 4.15. The lowest BCUT2D eigenvalue weighted by molar-refractivity contribution is 0.687. The van der Waals surface area contributed by atoms with E-state index < -0.39 is 0 Å². The number of rotatable bonds is 0. The maximum Gasteiger partial charge on any atom is 0.330 e. The number of hydrogen-bond acceptors (Lipinski definition) is 3. The molecule has 0 spiro atoms. The third-order valence-electron chi connectivity index (χ3n) is 2.37. The Labute approximate surface area is 79.6 Å². The molecule has 0 bridgehead atoms. The molecule has 2 heterocycles. The number of aromatic nitrogens is 4. The van der Waals surface area contributed by atoms with Gasteiger partial charge in [-0.3, -0.25) is 14.5 Å². The van der Waals surface area contributed by atoms with Gasteiger partial charge < -0.3 is 4.57 Å². The minimum Gasteiger partial charge on any atom is -0.329 e. The van der Waals surface area contributed by atoms with E-state index >= 15 is 0 Å². The zero-order valence-electron chi connectivity index (χ0n) is 8.27. The molecule has 0 radical (unpaired) electrons. The van der Waals surface area contributed by atoms with E-state index in [0.717, 1.165) is 0 Å². The lowest BCUT2D eigenvalue weighted by Crippen LogP contribution is -2.37. The molecular formula is C8H11N5O. The first-order valence-electron chi connectivity index (χ1n) is 4.15. The molecule has 0 aliphatic heterocycles. The largest absolute Gasteiger partial charge is 0.330 e. The lowest BCUT2D eigenvalue weighted by Gasteiger charge is -2.04. The van der Waals surface area contributed by atoms with Gasteiger partial charge in [0.05, 0.1) is 6.33 Å². The molecule has 2 rings (SSSR count). The Balaban J connectivity index is 3.22. The van der Waals surface area contributed by atoms with Crippen molar-refractivity contribution in [1.82, 2.24) is 18.7 Å². The van der Waals surface area contributed by atoms with Crippen LogP contribution in [-0.2, 0) is 21.1 Å². The average Bonchev–Trinajstić information content (AvgIpc) is 2.54. The van der Waals surface area contributed by atoms with Crippen LogP contribution in [-0.4, -0.2) is 18.7 Å². The van der Waals surface area contributed by atoms with Gasteiger partial charge in [-0.1, -0.05) is 0 Å². The van der Waals surface area contributed by atoms with Crippen LogP contribution in [0.25, 0.3) is 11.2 Å². The fraction of sp³-hybridized carbons (Fsp3) is 0.375. The van der Waals surface area contributed by atoms with Crippen LogP contribution in [0.1, 0.15) is 0 Å². The van der Waals surface area contributed by atoms with Gasteiger partial charge >= 0.3 is 5.69 Å². The lowest BCUT2D eigenvalue weighted by atomic mass is 10.5. The predicted molar refractivity (Wildman–Crippen MR) is 50.8 cm³/mol. The van der Waals surface area contributed by atoms with Crippen molar-refractivity contribution in [2.24, 2.45) is 21.1 Å². The molecule has 0 amide bonds. The van der Waals surface area contributed by atoms with Crippen molar-refractivity contribution in [3.8, 4) is 0 Å². The molecule has 6 heteroatoms. The summed E-state index contributed by atoms with van der Waals surface area (Å²) in [7, 11) is 5.03. The summed E-state index contributed by atoms with van der Waals surface area (Å²) in [6.45, 7) is 0. The molecule has 0 saturated heterocycles. The molecule has 0 atom stereocenters. The maximum atomic E-state index is 11.6. The van der Waals surface area contributed by atoms with Crippen LogP contribution in [0.2, 0.25) is 0 Å². The molecule has 0 aliphatic rings. The molecule has 2 aromatic rings. The van der Waals surface area contributed by atoms with Gasteiger partial charge in [-0.05, 0) is 0 Å². The van der Waals surface area contributed by atoms with Crippen molar-refractivity contribution in [2.45, 2.75) is 0 Å². The normalized spacial score (nSPS) is 11.1. The average molecular weight is 193 g/mol. The smallest absolute Gasteiger partial charge is 0.329 e. The van der Waals surface area contributed by atoms with Crippen molar-refractivity contribution in [3.05, 3.63) is 22.3 Å². The third-order valence-corrected chi connectivity index (χ3v) is 2.37. The Kier molecular flexibility index (Phi) is 1.60. The second kappa shape index (κ2) is 2.57. The van der Waals surface area contributed by atoms with Gasteiger partial charge in [-0.15, -0.1) is 0 Å². The monoisotopic (exact) mass is 193 g/mol. The molecular weight excluding hydrogens is 182 g/mol. The standard InChI is InChI=1S/C8H11N5O/c1-11-4-10-7-5(11)6(9)12(2)8(14)13(7)3/h4,9H,1-3H3. The highest BCUT2D eigenvalue weighted by molar-refractivity contribution is 5.69. The molecule has 0 fully saturated rings. The third kappa shape index (κ3) is 0.876. The summed E-state index contributed by atoms with van der Waals surface area (Å²) in [5.41, 5.74) is 1.15. The van der Waals surface area contributed by atoms with E-state index in [0.29, 0.717) is 11.2 Å². The van der Waals surface area contributed by atoms with E-state index in [1.54, 1.807) is 32.0 Å². The molecule has 6 nitrogen and oxygen atoms in total. The number of fused-ring (bicyclic) bond motifs is 1. The Bertz CT molecular complexity index is 615. The molecule has 14 heavy (non-hydrogen) atoms. The van der Waals surface area contributed by atoms with Gasteiger partial charge in [0.25, 0.3) is 0 Å². The van der Waals surface area contributed by atoms with E-state index in [-0.39, 0.29) is 11.2 Å². The topological polar surface area (TPSA) is 68.6 Å². The number of nitrogens with one attached hydrogen (secondary N) is 1. The number of imidazole rings is 1. The van der Waals surface area contributed by atoms with Crippen molar-refractivity contribution < 1.29 is 0 Å². The highest BCUT2D eigenvalue weighted by Gasteiger charge is 2.09. The first kappa shape index (κ1) is 8.74. The van der Waals surface area contributed by atoms with Crippen LogP contribution in [0.5, 0.6) is 0 Å². The van der Waals surface area contributed by atoms with Crippen molar-refractivity contribution >= 4 is 11.2 Å². The Morgan fingerprint density at radius 2 is 1.93 bits per heavy atom. The highest BCUT2D eigenvalue weighted by Crippen LogP contribution is 2.01. The number of aryl methyl sites for hydroxylation is 2. The van der Waals surface area contributed by atoms with Crippen LogP contribution >= 0.6 is 0 Å². The van der Waals surface area contributed by atoms with Crippen LogP contribution in [0.4, 0.5) is 0 Å². The van der Waals surface area contributed by atoms with Crippen LogP contribution in [0.3, 0.4) is 0 Å². The zero-order chi connectivity index (χ0) is 10.5.